The van der Waals surface area contributed by atoms with Gasteiger partial charge in [-0.1, -0.05) is 24.7 Å². The van der Waals surface area contributed by atoms with E-state index in [0.717, 1.165) is 50.8 Å². The summed E-state index contributed by atoms with van der Waals surface area (Å²) in [5, 5.41) is 11.2. The number of pyridine rings is 1. The molecule has 0 spiro atoms. The quantitative estimate of drug-likeness (QED) is 0.743. The standard InChI is InChI=1S/C21H23F3N2O2/c22-21(23,24)18-8-7-15(13-25-18)19(27)26-12-11-20(28,10-9-14-5-6-14)16-3-1-2-4-17(16)26/h7-8,13-14,16-17,28H,1-6,11-12H2/t16-,17+,20?/m1/s1. The summed E-state index contributed by atoms with van der Waals surface area (Å²) in [5.41, 5.74) is -1.95. The first-order chi connectivity index (χ1) is 13.3. The van der Waals surface area contributed by atoms with E-state index in [1.165, 1.54) is 6.07 Å². The monoisotopic (exact) mass is 392 g/mol. The summed E-state index contributed by atoms with van der Waals surface area (Å²) in [4.78, 5) is 18.1. The molecular weight excluding hydrogens is 369 g/mol. The Kier molecular flexibility index (Phi) is 4.86. The molecule has 7 heteroatoms. The van der Waals surface area contributed by atoms with Crippen molar-refractivity contribution in [3.05, 3.63) is 29.6 Å². The Morgan fingerprint density at radius 2 is 1.96 bits per heavy atom. The Morgan fingerprint density at radius 1 is 1.21 bits per heavy atom. The van der Waals surface area contributed by atoms with Crippen molar-refractivity contribution in [2.45, 2.75) is 62.8 Å². The van der Waals surface area contributed by atoms with Crippen molar-refractivity contribution >= 4 is 5.91 Å². The summed E-state index contributed by atoms with van der Waals surface area (Å²) in [7, 11) is 0. The highest BCUT2D eigenvalue weighted by Gasteiger charge is 2.49. The van der Waals surface area contributed by atoms with Crippen LogP contribution in [0.3, 0.4) is 0 Å². The number of amides is 1. The number of carbonyl (C=O) groups is 1. The Hall–Kier alpha value is -2.07. The highest BCUT2D eigenvalue weighted by Crippen LogP contribution is 2.42. The minimum atomic E-state index is -4.53. The zero-order valence-electron chi connectivity index (χ0n) is 15.5. The molecule has 28 heavy (non-hydrogen) atoms. The van der Waals surface area contributed by atoms with E-state index in [9.17, 15) is 23.1 Å². The van der Waals surface area contributed by atoms with Crippen LogP contribution in [0.25, 0.3) is 0 Å². The van der Waals surface area contributed by atoms with Crippen LogP contribution in [-0.2, 0) is 6.18 Å². The molecule has 3 aliphatic rings. The minimum absolute atomic E-state index is 0.118. The highest BCUT2D eigenvalue weighted by molar-refractivity contribution is 5.94. The van der Waals surface area contributed by atoms with Crippen LogP contribution in [0, 0.1) is 23.7 Å². The van der Waals surface area contributed by atoms with Crippen LogP contribution in [0.2, 0.25) is 0 Å². The average molecular weight is 392 g/mol. The number of rotatable bonds is 1. The van der Waals surface area contributed by atoms with E-state index in [1.807, 2.05) is 0 Å². The van der Waals surface area contributed by atoms with Gasteiger partial charge in [0.1, 0.15) is 11.3 Å². The van der Waals surface area contributed by atoms with Crippen LogP contribution >= 0.6 is 0 Å². The van der Waals surface area contributed by atoms with Crippen molar-refractivity contribution in [2.75, 3.05) is 6.54 Å². The molecule has 1 saturated heterocycles. The SMILES string of the molecule is O=C(c1ccc(C(F)(F)F)nc1)N1CCC(O)(C#CC2CC2)[C@@H]2CCCC[C@@H]21. The molecule has 1 aliphatic heterocycles. The fraction of sp³-hybridized carbons (Fsp3) is 0.619. The summed E-state index contributed by atoms with van der Waals surface area (Å²) >= 11 is 0. The van der Waals surface area contributed by atoms with Crippen LogP contribution in [0.1, 0.15) is 61.0 Å². The lowest BCUT2D eigenvalue weighted by Gasteiger charge is -2.50. The van der Waals surface area contributed by atoms with Gasteiger partial charge in [0, 0.05) is 37.0 Å². The maximum Gasteiger partial charge on any atom is 0.433 e. The lowest BCUT2D eigenvalue weighted by atomic mass is 9.69. The Labute approximate surface area is 162 Å². The molecule has 2 aliphatic carbocycles. The molecule has 3 atom stereocenters. The van der Waals surface area contributed by atoms with Crippen molar-refractivity contribution in [2.24, 2.45) is 11.8 Å². The van der Waals surface area contributed by atoms with Crippen LogP contribution in [0.5, 0.6) is 0 Å². The summed E-state index contributed by atoms with van der Waals surface area (Å²) < 4.78 is 38.2. The number of hydrogen-bond donors (Lipinski definition) is 1. The molecule has 1 N–H and O–H groups in total. The summed E-state index contributed by atoms with van der Waals surface area (Å²) in [6.07, 6.45) is 2.53. The highest BCUT2D eigenvalue weighted by atomic mass is 19.4. The lowest BCUT2D eigenvalue weighted by Crippen LogP contribution is -2.59. The molecule has 4 rings (SSSR count). The Morgan fingerprint density at radius 3 is 2.61 bits per heavy atom. The second-order valence-electron chi connectivity index (χ2n) is 8.10. The second kappa shape index (κ2) is 7.07. The van der Waals surface area contributed by atoms with Gasteiger partial charge in [0.2, 0.25) is 0 Å². The van der Waals surface area contributed by atoms with Crippen molar-refractivity contribution < 1.29 is 23.1 Å². The second-order valence-corrected chi connectivity index (χ2v) is 8.10. The van der Waals surface area contributed by atoms with Crippen LogP contribution in [0.4, 0.5) is 13.2 Å². The predicted octanol–water partition coefficient (Wildman–Crippen LogP) is 3.65. The number of aliphatic hydroxyl groups is 1. The van der Waals surface area contributed by atoms with Gasteiger partial charge in [-0.25, -0.2) is 0 Å². The molecule has 4 nitrogen and oxygen atoms in total. The number of fused-ring (bicyclic) bond motifs is 1. The molecule has 0 radical (unpaired) electrons. The zero-order chi connectivity index (χ0) is 19.9. The van der Waals surface area contributed by atoms with Crippen molar-refractivity contribution in [1.29, 1.82) is 0 Å². The predicted molar refractivity (Wildman–Crippen MR) is 96.1 cm³/mol. The smallest absolute Gasteiger partial charge is 0.377 e. The van der Waals surface area contributed by atoms with E-state index < -0.39 is 17.5 Å². The number of nitrogens with zero attached hydrogens (tertiary/aromatic N) is 2. The van der Waals surface area contributed by atoms with E-state index in [4.69, 9.17) is 0 Å². The van der Waals surface area contributed by atoms with Gasteiger partial charge in [-0.2, -0.15) is 13.2 Å². The third kappa shape index (κ3) is 3.75. The first kappa shape index (κ1) is 19.3. The van der Waals surface area contributed by atoms with Gasteiger partial charge in [0.15, 0.2) is 0 Å². The largest absolute Gasteiger partial charge is 0.433 e. The van der Waals surface area contributed by atoms with E-state index in [0.29, 0.717) is 18.9 Å². The fourth-order valence-electron chi connectivity index (χ4n) is 4.40. The van der Waals surface area contributed by atoms with E-state index >= 15 is 0 Å². The van der Waals surface area contributed by atoms with Crippen molar-refractivity contribution in [1.82, 2.24) is 9.88 Å². The van der Waals surface area contributed by atoms with Crippen molar-refractivity contribution in [3.8, 4) is 11.8 Å². The molecular formula is C21H23F3N2O2. The molecule has 2 saturated carbocycles. The molecule has 0 bridgehead atoms. The maximum absolute atomic E-state index is 13.0. The zero-order valence-corrected chi connectivity index (χ0v) is 15.5. The van der Waals surface area contributed by atoms with Gasteiger partial charge >= 0.3 is 6.18 Å². The number of alkyl halides is 3. The number of aromatic nitrogens is 1. The molecule has 0 aromatic carbocycles. The summed E-state index contributed by atoms with van der Waals surface area (Å²) in [6, 6.07) is 1.88. The fourth-order valence-corrected chi connectivity index (χ4v) is 4.40. The van der Waals surface area contributed by atoms with Crippen LogP contribution < -0.4 is 0 Å². The molecule has 1 unspecified atom stereocenters. The van der Waals surface area contributed by atoms with E-state index in [2.05, 4.69) is 16.8 Å². The maximum atomic E-state index is 13.0. The number of likely N-dealkylation sites (tertiary alicyclic amines) is 1. The van der Waals surface area contributed by atoms with Crippen molar-refractivity contribution in [3.63, 3.8) is 0 Å². The first-order valence-electron chi connectivity index (χ1n) is 9.87. The number of halogens is 3. The Balaban J connectivity index is 1.55. The molecule has 1 aromatic rings. The van der Waals surface area contributed by atoms with Gasteiger partial charge in [0.05, 0.1) is 5.56 Å². The topological polar surface area (TPSA) is 53.4 Å². The van der Waals surface area contributed by atoms with Gasteiger partial charge in [0.25, 0.3) is 5.91 Å². The van der Waals surface area contributed by atoms with Crippen LogP contribution in [0.15, 0.2) is 18.3 Å². The normalized spacial score (nSPS) is 30.2. The Bertz CT molecular complexity index is 808. The van der Waals surface area contributed by atoms with E-state index in [-0.39, 0.29) is 23.4 Å². The van der Waals surface area contributed by atoms with Crippen LogP contribution in [-0.4, -0.2) is 39.1 Å². The molecule has 3 fully saturated rings. The number of piperidine rings is 1. The average Bonchev–Trinajstić information content (AvgIpc) is 3.51. The molecule has 1 amide bonds. The summed E-state index contributed by atoms with van der Waals surface area (Å²) in [6.45, 7) is 0.344. The molecule has 1 aromatic heterocycles. The van der Waals surface area contributed by atoms with E-state index in [1.54, 1.807) is 4.90 Å². The molecule has 2 heterocycles. The minimum Gasteiger partial charge on any atom is -0.377 e. The number of carbonyl (C=O) groups excluding carboxylic acids is 1. The van der Waals surface area contributed by atoms with Gasteiger partial charge in [-0.15, -0.1) is 0 Å². The number of hydrogen-bond acceptors (Lipinski definition) is 3. The lowest BCUT2D eigenvalue weighted by molar-refractivity contribution is -0.141. The first-order valence-corrected chi connectivity index (χ1v) is 9.87. The van der Waals surface area contributed by atoms with Gasteiger partial charge in [-0.05, 0) is 37.8 Å². The third-order valence-corrected chi connectivity index (χ3v) is 6.11. The third-order valence-electron chi connectivity index (χ3n) is 6.11. The summed E-state index contributed by atoms with van der Waals surface area (Å²) in [5.74, 6) is 6.24. The van der Waals surface area contributed by atoms with Gasteiger partial charge in [-0.3, -0.25) is 9.78 Å². The van der Waals surface area contributed by atoms with Gasteiger partial charge < -0.3 is 10.0 Å². The molecule has 150 valence electrons.